The summed E-state index contributed by atoms with van der Waals surface area (Å²) in [4.78, 5) is 16.0. The fraction of sp³-hybridized carbons (Fsp3) is 0.319. The zero-order valence-electron chi connectivity index (χ0n) is 44.4. The summed E-state index contributed by atoms with van der Waals surface area (Å²) in [6, 6.07) is 46.6. The molecule has 2 atom stereocenters. The number of nitrogens with one attached hydrogen (secondary N) is 1. The predicted molar refractivity (Wildman–Crippen MR) is 306 cm³/mol. The van der Waals surface area contributed by atoms with Crippen LogP contribution in [-0.2, 0) is 22.2 Å². The molecule has 3 aliphatic carbocycles. The number of anilines is 2. The van der Waals surface area contributed by atoms with Crippen LogP contribution in [0.2, 0.25) is 0 Å². The number of morpholine rings is 1. The van der Waals surface area contributed by atoms with E-state index in [2.05, 4.69) is 115 Å². The molecule has 7 aromatic rings. The quantitative estimate of drug-likeness (QED) is 0.124. The lowest BCUT2D eigenvalue weighted by Gasteiger charge is -2.40. The summed E-state index contributed by atoms with van der Waals surface area (Å²) in [5.74, 6) is 1.05. The largest absolute Gasteiger partial charge is 0.473 e. The number of carbonyl (C=O) groups excluding carboxylic acids is 1. The van der Waals surface area contributed by atoms with Crippen molar-refractivity contribution in [1.29, 1.82) is 0 Å². The molecule has 0 radical (unpaired) electrons. The van der Waals surface area contributed by atoms with E-state index in [1.165, 1.54) is 63.0 Å². The van der Waals surface area contributed by atoms with Crippen molar-refractivity contribution >= 4 is 35.0 Å². The van der Waals surface area contributed by atoms with Crippen LogP contribution in [0.1, 0.15) is 145 Å². The number of ether oxygens (including phenoxy) is 2. The number of hydrogen-bond donors (Lipinski definition) is 1. The summed E-state index contributed by atoms with van der Waals surface area (Å²) < 4.78 is 45.0. The van der Waals surface area contributed by atoms with Crippen molar-refractivity contribution in [2.24, 2.45) is 11.8 Å². The molecule has 1 amide bonds. The van der Waals surface area contributed by atoms with Crippen LogP contribution in [0.4, 0.5) is 20.2 Å². The van der Waals surface area contributed by atoms with E-state index in [1.54, 1.807) is 0 Å². The molecule has 1 saturated heterocycles. The Morgan fingerprint density at radius 3 is 2.11 bits per heavy atom. The third-order valence-corrected chi connectivity index (χ3v) is 17.6. The molecule has 1 saturated carbocycles. The van der Waals surface area contributed by atoms with Gasteiger partial charge in [-0.15, -0.1) is 0 Å². The Labute approximate surface area is 447 Å². The van der Waals surface area contributed by atoms with Crippen molar-refractivity contribution in [3.05, 3.63) is 213 Å². The fourth-order valence-corrected chi connectivity index (χ4v) is 13.5. The number of fused-ring (bicyclic) bond motifs is 8. The van der Waals surface area contributed by atoms with Gasteiger partial charge in [-0.2, -0.15) is 0 Å². The van der Waals surface area contributed by atoms with Crippen molar-refractivity contribution < 1.29 is 23.0 Å². The average Bonchev–Trinajstić information content (AvgIpc) is 3.96. The Kier molecular flexibility index (Phi) is 13.4. The molecule has 0 aromatic heterocycles. The van der Waals surface area contributed by atoms with Crippen LogP contribution in [0.5, 0.6) is 5.75 Å². The van der Waals surface area contributed by atoms with Gasteiger partial charge in [0.2, 0.25) is 0 Å². The van der Waals surface area contributed by atoms with Gasteiger partial charge in [-0.3, -0.25) is 4.79 Å². The molecule has 7 aromatic carbocycles. The van der Waals surface area contributed by atoms with E-state index < -0.39 is 22.7 Å². The monoisotopic (exact) mass is 1010 g/mol. The molecular weight excluding hydrogens is 943 g/mol. The van der Waals surface area contributed by atoms with Gasteiger partial charge in [0, 0.05) is 69.3 Å². The van der Waals surface area contributed by atoms with Crippen molar-refractivity contribution in [3.8, 4) is 28.0 Å². The van der Waals surface area contributed by atoms with Crippen molar-refractivity contribution in [2.75, 3.05) is 36.5 Å². The lowest BCUT2D eigenvalue weighted by molar-refractivity contribution is 0.102. The molecule has 2 heterocycles. The average molecular weight is 1010 g/mol. The van der Waals surface area contributed by atoms with E-state index in [9.17, 15) is 4.79 Å². The highest BCUT2D eigenvalue weighted by molar-refractivity contribution is 6.05. The van der Waals surface area contributed by atoms with Gasteiger partial charge in [-0.05, 0) is 155 Å². The Morgan fingerprint density at radius 2 is 1.41 bits per heavy atom. The van der Waals surface area contributed by atoms with Crippen LogP contribution in [0.3, 0.4) is 0 Å². The molecule has 2 aliphatic heterocycles. The van der Waals surface area contributed by atoms with E-state index in [0.717, 1.165) is 97.7 Å². The van der Waals surface area contributed by atoms with Crippen LogP contribution in [0.15, 0.2) is 146 Å². The van der Waals surface area contributed by atoms with Crippen LogP contribution in [-0.4, -0.2) is 32.2 Å². The summed E-state index contributed by atoms with van der Waals surface area (Å²) in [6.45, 7) is 11.7. The number of unbranched alkanes of at least 4 members (excludes halogenated alkanes) is 2. The molecule has 2 fully saturated rings. The molecule has 12 rings (SSSR count). The molecule has 1 N–H and O–H groups in total. The number of hydrogen-bond acceptors (Lipinski definition) is 4. The van der Waals surface area contributed by atoms with Crippen molar-refractivity contribution in [3.63, 3.8) is 0 Å². The molecule has 386 valence electrons. The minimum Gasteiger partial charge on any atom is -0.473 e. The summed E-state index contributed by atoms with van der Waals surface area (Å²) in [5, 5.41) is 3.13. The smallest absolute Gasteiger partial charge is 0.255 e. The van der Waals surface area contributed by atoms with Gasteiger partial charge in [-0.1, -0.05) is 150 Å². The predicted octanol–water partition coefficient (Wildman–Crippen LogP) is 17.0. The highest BCUT2D eigenvalue weighted by Gasteiger charge is 2.47. The summed E-state index contributed by atoms with van der Waals surface area (Å²) in [5.41, 5.74) is 14.1. The Hall–Kier alpha value is -7.09. The van der Waals surface area contributed by atoms with Gasteiger partial charge in [-0.25, -0.2) is 8.78 Å². The normalized spacial score (nSPS) is 21.2. The standard InChI is InChI=1S/C69H68F2N2O3/c1-5-6-8-11-45-14-16-46(17-15-45)47-18-20-48(21-19-47)49-22-24-51(25-23-49)67(74)72-55-30-26-50(27-31-55)58-43-59-60(40-44(58)2)66-57(65-63(59)61-41-54(70)42-62(71)64(61)68(65,3)4)34-35-69(76-66,52-12-9-7-10-13-52)53-28-32-56(33-29-53)73-36-38-75-39-37-73/h7,9-10,12-13,18-35,41-46H,5-6,8,11,14-17,36-40H2,1-4H3,(H,72,74). The Bertz CT molecular complexity index is 3350. The molecule has 5 aliphatic rings. The number of nitrogens with zero attached hydrogens (tertiary/aromatic N) is 1. The van der Waals surface area contributed by atoms with Crippen molar-refractivity contribution in [2.45, 2.75) is 102 Å². The topological polar surface area (TPSA) is 50.8 Å². The molecule has 0 spiro atoms. The Balaban J connectivity index is 0.829. The second kappa shape index (κ2) is 20.5. The summed E-state index contributed by atoms with van der Waals surface area (Å²) in [7, 11) is 0. The van der Waals surface area contributed by atoms with Gasteiger partial charge >= 0.3 is 0 Å². The maximum atomic E-state index is 16.3. The fourth-order valence-electron chi connectivity index (χ4n) is 13.5. The maximum Gasteiger partial charge on any atom is 0.255 e. The first kappa shape index (κ1) is 49.8. The van der Waals surface area contributed by atoms with E-state index in [0.29, 0.717) is 47.9 Å². The molecule has 5 nitrogen and oxygen atoms in total. The van der Waals surface area contributed by atoms with Crippen molar-refractivity contribution in [1.82, 2.24) is 0 Å². The Morgan fingerprint density at radius 1 is 0.737 bits per heavy atom. The number of amides is 1. The molecule has 2 unspecified atom stereocenters. The first-order valence-electron chi connectivity index (χ1n) is 27.9. The molecule has 0 bridgehead atoms. The van der Waals surface area contributed by atoms with Gasteiger partial charge in [0.25, 0.3) is 5.91 Å². The summed E-state index contributed by atoms with van der Waals surface area (Å²) >= 11 is 0. The molecule has 76 heavy (non-hydrogen) atoms. The maximum absolute atomic E-state index is 16.3. The van der Waals surface area contributed by atoms with Gasteiger partial charge in [0.05, 0.1) is 13.2 Å². The lowest BCUT2D eigenvalue weighted by atomic mass is 9.73. The first-order chi connectivity index (χ1) is 37.0. The SMILES string of the molecule is CCCCCC1CCC(c2ccc(-c3ccc(C(=O)Nc4ccc(C5=Cc6c(c7c(c8c6-c6cc(F)cc(F)c6C8(C)C)C=CC(c6ccccc6)(c6ccc(N8CCOCC8)cc6)O7)CC5C)cc4)cc3)cc2)CC1. The minimum atomic E-state index is -0.972. The number of rotatable bonds is 12. The van der Waals surface area contributed by atoms with E-state index in [1.807, 2.05) is 68.4 Å². The van der Waals surface area contributed by atoms with Crippen LogP contribution in [0.25, 0.3) is 40.0 Å². The molecular formula is C69H68F2N2O3. The van der Waals surface area contributed by atoms with E-state index in [-0.39, 0.29) is 11.8 Å². The zero-order chi connectivity index (χ0) is 52.1. The van der Waals surface area contributed by atoms with Crippen LogP contribution >= 0.6 is 0 Å². The third-order valence-electron chi connectivity index (χ3n) is 17.6. The number of benzene rings is 7. The van der Waals surface area contributed by atoms with Gasteiger partial charge in [0.1, 0.15) is 17.4 Å². The van der Waals surface area contributed by atoms with Gasteiger partial charge < -0.3 is 19.7 Å². The van der Waals surface area contributed by atoms with Gasteiger partial charge in [0.15, 0.2) is 5.60 Å². The molecule has 7 heteroatoms. The lowest BCUT2D eigenvalue weighted by Crippen LogP contribution is -2.37. The van der Waals surface area contributed by atoms with Crippen LogP contribution < -0.4 is 15.0 Å². The third kappa shape index (κ3) is 9.08. The highest BCUT2D eigenvalue weighted by atomic mass is 19.1. The minimum absolute atomic E-state index is 0.0523. The number of halogens is 2. The number of carbonyl (C=O) groups is 1. The first-order valence-corrected chi connectivity index (χ1v) is 27.9. The van der Waals surface area contributed by atoms with Crippen LogP contribution in [0, 0.1) is 23.5 Å². The zero-order valence-corrected chi connectivity index (χ0v) is 44.4. The highest BCUT2D eigenvalue weighted by Crippen LogP contribution is 2.60. The van der Waals surface area contributed by atoms with E-state index in [4.69, 9.17) is 9.47 Å². The van der Waals surface area contributed by atoms with E-state index >= 15 is 8.78 Å². The second-order valence-corrected chi connectivity index (χ2v) is 22.7. The second-order valence-electron chi connectivity index (χ2n) is 22.7. The summed E-state index contributed by atoms with van der Waals surface area (Å²) in [6.07, 6.45) is 17.9. The number of allylic oxidation sites excluding steroid dienone is 1.